The second-order valence-corrected chi connectivity index (χ2v) is 5.54. The summed E-state index contributed by atoms with van der Waals surface area (Å²) in [5, 5.41) is 21.5. The summed E-state index contributed by atoms with van der Waals surface area (Å²) in [6.45, 7) is 0. The predicted molar refractivity (Wildman–Crippen MR) is 99.9 cm³/mol. The van der Waals surface area contributed by atoms with Gasteiger partial charge in [-0.1, -0.05) is 42.5 Å². The van der Waals surface area contributed by atoms with Crippen LogP contribution >= 0.6 is 12.2 Å². The quantitative estimate of drug-likeness (QED) is 0.316. The van der Waals surface area contributed by atoms with E-state index in [1.807, 2.05) is 6.07 Å². The smallest absolute Gasteiger partial charge is 0.301 e. The standard InChI is InChI=1S/C16H12N6O3S/c17-16(26)21-15(23)14(13(20-21)10-6-2-1-3-7-10)19-18-11-8-4-5-9-12(11)22(24)25/h1-9,20H,(H2,17,26). The van der Waals surface area contributed by atoms with Crippen LogP contribution in [0.2, 0.25) is 0 Å². The third kappa shape index (κ3) is 3.26. The number of para-hydroxylation sites is 1. The van der Waals surface area contributed by atoms with E-state index in [1.165, 1.54) is 18.2 Å². The van der Waals surface area contributed by atoms with Crippen molar-refractivity contribution in [1.29, 1.82) is 0 Å². The van der Waals surface area contributed by atoms with Gasteiger partial charge in [0.2, 0.25) is 0 Å². The lowest BCUT2D eigenvalue weighted by molar-refractivity contribution is -0.384. The van der Waals surface area contributed by atoms with Crippen LogP contribution in [-0.4, -0.2) is 19.8 Å². The molecule has 3 N–H and O–H groups in total. The summed E-state index contributed by atoms with van der Waals surface area (Å²) in [7, 11) is 0. The van der Waals surface area contributed by atoms with Crippen LogP contribution in [0.25, 0.3) is 11.3 Å². The molecule has 0 saturated heterocycles. The van der Waals surface area contributed by atoms with Crippen LogP contribution in [0, 0.1) is 10.1 Å². The van der Waals surface area contributed by atoms with Crippen LogP contribution in [0.3, 0.4) is 0 Å². The number of nitro benzene ring substituents is 1. The second kappa shape index (κ2) is 7.07. The molecular formula is C16H12N6O3S. The number of H-pyrrole nitrogens is 1. The van der Waals surface area contributed by atoms with Crippen LogP contribution in [0.1, 0.15) is 0 Å². The number of hydrogen-bond donors (Lipinski definition) is 2. The molecule has 0 unspecified atom stereocenters. The normalized spacial score (nSPS) is 10.9. The second-order valence-electron chi connectivity index (χ2n) is 5.13. The summed E-state index contributed by atoms with van der Waals surface area (Å²) < 4.78 is 0.964. The lowest BCUT2D eigenvalue weighted by atomic mass is 10.1. The lowest BCUT2D eigenvalue weighted by Crippen LogP contribution is -2.29. The van der Waals surface area contributed by atoms with E-state index in [0.29, 0.717) is 11.3 Å². The maximum atomic E-state index is 12.5. The molecule has 26 heavy (non-hydrogen) atoms. The SMILES string of the molecule is NC(=S)n1[nH]c(-c2ccccc2)c(N=Nc2ccccc2[N+](=O)[O-])c1=O. The first-order chi connectivity index (χ1) is 12.5. The zero-order valence-electron chi connectivity index (χ0n) is 13.2. The Labute approximate surface area is 151 Å². The van der Waals surface area contributed by atoms with Gasteiger partial charge in [0.1, 0.15) is 0 Å². The number of nitrogens with two attached hydrogens (primary N) is 1. The number of thiocarbonyl (C=S) groups is 1. The third-order valence-electron chi connectivity index (χ3n) is 3.49. The molecular weight excluding hydrogens is 356 g/mol. The van der Waals surface area contributed by atoms with E-state index in [2.05, 4.69) is 15.3 Å². The van der Waals surface area contributed by atoms with Crippen molar-refractivity contribution in [2.75, 3.05) is 0 Å². The fraction of sp³-hybridized carbons (Fsp3) is 0. The highest BCUT2D eigenvalue weighted by atomic mass is 32.1. The van der Waals surface area contributed by atoms with Gasteiger partial charge in [-0.2, -0.15) is 4.68 Å². The minimum absolute atomic E-state index is 0.0268. The summed E-state index contributed by atoms with van der Waals surface area (Å²) in [6.07, 6.45) is 0. The van der Waals surface area contributed by atoms with E-state index in [1.54, 1.807) is 30.3 Å². The van der Waals surface area contributed by atoms with Crippen molar-refractivity contribution < 1.29 is 4.92 Å². The molecule has 0 amide bonds. The molecule has 0 aliphatic carbocycles. The molecule has 10 heteroatoms. The number of nitro groups is 1. The zero-order chi connectivity index (χ0) is 18.7. The molecule has 0 saturated carbocycles. The van der Waals surface area contributed by atoms with Crippen molar-refractivity contribution in [2.24, 2.45) is 16.0 Å². The molecule has 0 aliphatic rings. The summed E-state index contributed by atoms with van der Waals surface area (Å²) in [5.41, 5.74) is 5.72. The van der Waals surface area contributed by atoms with E-state index in [0.717, 1.165) is 4.68 Å². The molecule has 0 aliphatic heterocycles. The van der Waals surface area contributed by atoms with E-state index >= 15 is 0 Å². The number of rotatable bonds is 4. The Balaban J connectivity index is 2.15. The predicted octanol–water partition coefficient (Wildman–Crippen LogP) is 3.26. The molecule has 0 radical (unpaired) electrons. The van der Waals surface area contributed by atoms with Crippen LogP contribution in [0.5, 0.6) is 0 Å². The first kappa shape index (κ1) is 17.2. The molecule has 2 aromatic carbocycles. The average molecular weight is 368 g/mol. The molecule has 0 spiro atoms. The maximum absolute atomic E-state index is 12.5. The van der Waals surface area contributed by atoms with Gasteiger partial charge in [-0.15, -0.1) is 10.2 Å². The molecule has 1 heterocycles. The molecule has 0 bridgehead atoms. The van der Waals surface area contributed by atoms with Crippen LogP contribution < -0.4 is 11.3 Å². The van der Waals surface area contributed by atoms with Crippen molar-refractivity contribution in [3.05, 3.63) is 75.1 Å². The number of nitrogens with one attached hydrogen (secondary N) is 1. The monoisotopic (exact) mass is 368 g/mol. The van der Waals surface area contributed by atoms with Gasteiger partial charge in [0.25, 0.3) is 5.69 Å². The van der Waals surface area contributed by atoms with Gasteiger partial charge in [-0.05, 0) is 18.3 Å². The first-order valence-electron chi connectivity index (χ1n) is 7.34. The van der Waals surface area contributed by atoms with Crippen molar-refractivity contribution in [1.82, 2.24) is 9.78 Å². The molecule has 9 nitrogen and oxygen atoms in total. The minimum atomic E-state index is -0.598. The number of nitrogens with zero attached hydrogens (tertiary/aromatic N) is 4. The van der Waals surface area contributed by atoms with E-state index in [4.69, 9.17) is 18.0 Å². The van der Waals surface area contributed by atoms with Gasteiger partial charge in [0.15, 0.2) is 16.5 Å². The van der Waals surface area contributed by atoms with Gasteiger partial charge >= 0.3 is 5.56 Å². The number of azo groups is 1. The zero-order valence-corrected chi connectivity index (χ0v) is 14.0. The highest BCUT2D eigenvalue weighted by Crippen LogP contribution is 2.30. The van der Waals surface area contributed by atoms with Gasteiger partial charge in [0.05, 0.1) is 10.6 Å². The van der Waals surface area contributed by atoms with E-state index in [9.17, 15) is 14.9 Å². The Morgan fingerprint density at radius 1 is 1.12 bits per heavy atom. The number of hydrogen-bond acceptors (Lipinski definition) is 6. The molecule has 0 fully saturated rings. The number of aromatic amines is 1. The van der Waals surface area contributed by atoms with Crippen molar-refractivity contribution in [3.63, 3.8) is 0 Å². The molecule has 0 atom stereocenters. The number of aromatic nitrogens is 2. The molecule has 3 rings (SSSR count). The topological polar surface area (TPSA) is 132 Å². The van der Waals surface area contributed by atoms with Gasteiger partial charge in [-0.25, -0.2) is 0 Å². The summed E-state index contributed by atoms with van der Waals surface area (Å²) in [6, 6.07) is 14.8. The Bertz CT molecular complexity index is 1070. The minimum Gasteiger partial charge on any atom is -0.374 e. The van der Waals surface area contributed by atoms with Crippen molar-refractivity contribution in [2.45, 2.75) is 0 Å². The van der Waals surface area contributed by atoms with Gasteiger partial charge in [-0.3, -0.25) is 20.0 Å². The van der Waals surface area contributed by atoms with Gasteiger partial charge < -0.3 is 5.73 Å². The third-order valence-corrected chi connectivity index (χ3v) is 3.67. The summed E-state index contributed by atoms with van der Waals surface area (Å²) in [5.74, 6) is 0. The molecule has 1 aromatic heterocycles. The van der Waals surface area contributed by atoms with Crippen LogP contribution in [0.4, 0.5) is 17.1 Å². The van der Waals surface area contributed by atoms with Crippen LogP contribution in [0.15, 0.2) is 69.6 Å². The maximum Gasteiger partial charge on any atom is 0.301 e. The Kier molecular flexibility index (Phi) is 4.67. The highest BCUT2D eigenvalue weighted by Gasteiger charge is 2.18. The lowest BCUT2D eigenvalue weighted by Gasteiger charge is -1.99. The average Bonchev–Trinajstić information content (AvgIpc) is 2.97. The molecule has 3 aromatic rings. The largest absolute Gasteiger partial charge is 0.374 e. The molecule has 130 valence electrons. The van der Waals surface area contributed by atoms with Crippen molar-refractivity contribution >= 4 is 34.4 Å². The fourth-order valence-electron chi connectivity index (χ4n) is 2.29. The Hall–Kier alpha value is -3.66. The first-order valence-corrected chi connectivity index (χ1v) is 7.75. The van der Waals surface area contributed by atoms with E-state index < -0.39 is 10.5 Å². The van der Waals surface area contributed by atoms with Crippen LogP contribution in [-0.2, 0) is 0 Å². The van der Waals surface area contributed by atoms with Gasteiger partial charge in [0, 0.05) is 11.6 Å². The summed E-state index contributed by atoms with van der Waals surface area (Å²) in [4.78, 5) is 23.0. The van der Waals surface area contributed by atoms with Crippen molar-refractivity contribution in [3.8, 4) is 11.3 Å². The highest BCUT2D eigenvalue weighted by molar-refractivity contribution is 7.80. The number of benzene rings is 2. The van der Waals surface area contributed by atoms with E-state index in [-0.39, 0.29) is 22.2 Å². The fourth-order valence-corrected chi connectivity index (χ4v) is 2.42. The Morgan fingerprint density at radius 2 is 1.77 bits per heavy atom. The Morgan fingerprint density at radius 3 is 2.42 bits per heavy atom. The summed E-state index contributed by atoms with van der Waals surface area (Å²) >= 11 is 4.85.